The molecule has 1 aliphatic carbocycles. The summed E-state index contributed by atoms with van der Waals surface area (Å²) in [6.45, 7) is 1.81. The molecule has 0 spiro atoms. The first-order chi connectivity index (χ1) is 12.2. The Morgan fingerprint density at radius 3 is 2.72 bits per heavy atom. The molecule has 2 aliphatic heterocycles. The maximum atomic E-state index is 12.6. The Hall–Kier alpha value is -2.24. The Kier molecular flexibility index (Phi) is 4.51. The SMILES string of the molecule is O=C(NC1CC1)C1CCCN1C(=O)CCc1ccc2c(c1)OCCO2. The van der Waals surface area contributed by atoms with Crippen LogP contribution in [0.3, 0.4) is 0 Å². The molecule has 3 aliphatic rings. The summed E-state index contributed by atoms with van der Waals surface area (Å²) in [5, 5.41) is 3.03. The van der Waals surface area contributed by atoms with Crippen LogP contribution in [0.1, 0.15) is 37.7 Å². The summed E-state index contributed by atoms with van der Waals surface area (Å²) in [7, 11) is 0. The summed E-state index contributed by atoms with van der Waals surface area (Å²) < 4.78 is 11.1. The molecule has 2 fully saturated rings. The van der Waals surface area contributed by atoms with E-state index in [1.807, 2.05) is 18.2 Å². The van der Waals surface area contributed by atoms with Gasteiger partial charge in [0.05, 0.1) is 0 Å². The molecule has 1 unspecified atom stereocenters. The number of aryl methyl sites for hydroxylation is 1. The largest absolute Gasteiger partial charge is 0.486 e. The maximum absolute atomic E-state index is 12.6. The standard InChI is InChI=1S/C19H24N2O4/c22-18(21-9-1-2-15(21)19(23)20-14-5-6-14)8-4-13-3-7-16-17(12-13)25-11-10-24-16/h3,7,12,14-15H,1-2,4-6,8-11H2,(H,20,23). The monoisotopic (exact) mass is 344 g/mol. The minimum atomic E-state index is -0.284. The summed E-state index contributed by atoms with van der Waals surface area (Å²) in [5.74, 6) is 1.59. The summed E-state index contributed by atoms with van der Waals surface area (Å²) in [6, 6.07) is 5.87. The fourth-order valence-corrected chi connectivity index (χ4v) is 3.50. The van der Waals surface area contributed by atoms with Crippen molar-refractivity contribution >= 4 is 11.8 Å². The molecule has 1 saturated carbocycles. The zero-order valence-electron chi connectivity index (χ0n) is 14.3. The van der Waals surface area contributed by atoms with Gasteiger partial charge in [-0.05, 0) is 49.8 Å². The van der Waals surface area contributed by atoms with E-state index in [0.29, 0.717) is 38.6 Å². The Balaban J connectivity index is 1.34. The van der Waals surface area contributed by atoms with E-state index < -0.39 is 0 Å². The summed E-state index contributed by atoms with van der Waals surface area (Å²) in [5.41, 5.74) is 1.05. The lowest BCUT2D eigenvalue weighted by atomic mass is 10.1. The van der Waals surface area contributed by atoms with E-state index in [0.717, 1.165) is 42.7 Å². The van der Waals surface area contributed by atoms with Crippen LogP contribution >= 0.6 is 0 Å². The second-order valence-electron chi connectivity index (χ2n) is 7.01. The molecule has 4 rings (SSSR count). The quantitative estimate of drug-likeness (QED) is 0.882. The first-order valence-corrected chi connectivity index (χ1v) is 9.19. The van der Waals surface area contributed by atoms with Gasteiger partial charge >= 0.3 is 0 Å². The van der Waals surface area contributed by atoms with Gasteiger partial charge in [-0.2, -0.15) is 0 Å². The normalized spacial score (nSPS) is 21.9. The van der Waals surface area contributed by atoms with Crippen molar-refractivity contribution < 1.29 is 19.1 Å². The van der Waals surface area contributed by atoms with E-state index in [4.69, 9.17) is 9.47 Å². The highest BCUT2D eigenvalue weighted by atomic mass is 16.6. The number of amides is 2. The van der Waals surface area contributed by atoms with Crippen LogP contribution in [-0.4, -0.2) is 48.6 Å². The van der Waals surface area contributed by atoms with Crippen LogP contribution in [0.2, 0.25) is 0 Å². The average Bonchev–Trinajstić information content (AvgIpc) is 3.30. The molecule has 0 bridgehead atoms. The minimum absolute atomic E-state index is 0.0210. The van der Waals surface area contributed by atoms with Crippen molar-refractivity contribution in [1.29, 1.82) is 0 Å². The van der Waals surface area contributed by atoms with E-state index in [2.05, 4.69) is 5.32 Å². The van der Waals surface area contributed by atoms with Crippen molar-refractivity contribution in [2.75, 3.05) is 19.8 Å². The molecule has 25 heavy (non-hydrogen) atoms. The van der Waals surface area contributed by atoms with Crippen LogP contribution in [0.5, 0.6) is 11.5 Å². The van der Waals surface area contributed by atoms with Gasteiger partial charge in [-0.15, -0.1) is 0 Å². The predicted octanol–water partition coefficient (Wildman–Crippen LogP) is 1.66. The van der Waals surface area contributed by atoms with Gasteiger partial charge in [-0.1, -0.05) is 6.07 Å². The lowest BCUT2D eigenvalue weighted by Gasteiger charge is -2.24. The fraction of sp³-hybridized carbons (Fsp3) is 0.579. The van der Waals surface area contributed by atoms with Crippen molar-refractivity contribution in [3.8, 4) is 11.5 Å². The molecule has 0 aromatic heterocycles. The van der Waals surface area contributed by atoms with Gasteiger partial charge in [-0.3, -0.25) is 9.59 Å². The zero-order chi connectivity index (χ0) is 17.2. The van der Waals surface area contributed by atoms with Crippen molar-refractivity contribution in [3.63, 3.8) is 0 Å². The smallest absolute Gasteiger partial charge is 0.243 e. The lowest BCUT2D eigenvalue weighted by molar-refractivity contribution is -0.138. The van der Waals surface area contributed by atoms with Crippen molar-refractivity contribution in [2.24, 2.45) is 0 Å². The molecule has 6 heteroatoms. The van der Waals surface area contributed by atoms with Crippen LogP contribution in [-0.2, 0) is 16.0 Å². The molecular weight excluding hydrogens is 320 g/mol. The van der Waals surface area contributed by atoms with E-state index in [-0.39, 0.29) is 17.9 Å². The molecule has 2 heterocycles. The van der Waals surface area contributed by atoms with Crippen LogP contribution < -0.4 is 14.8 Å². The first-order valence-electron chi connectivity index (χ1n) is 9.19. The Morgan fingerprint density at radius 1 is 1.12 bits per heavy atom. The predicted molar refractivity (Wildman–Crippen MR) is 91.7 cm³/mol. The van der Waals surface area contributed by atoms with E-state index in [1.165, 1.54) is 0 Å². The number of hydrogen-bond donors (Lipinski definition) is 1. The molecule has 2 amide bonds. The molecule has 1 saturated heterocycles. The second kappa shape index (κ2) is 6.94. The fourth-order valence-electron chi connectivity index (χ4n) is 3.50. The minimum Gasteiger partial charge on any atom is -0.486 e. The Morgan fingerprint density at radius 2 is 1.92 bits per heavy atom. The highest BCUT2D eigenvalue weighted by Crippen LogP contribution is 2.31. The molecule has 1 aromatic carbocycles. The summed E-state index contributed by atoms with van der Waals surface area (Å²) >= 11 is 0. The van der Waals surface area contributed by atoms with Gasteiger partial charge in [0.25, 0.3) is 0 Å². The van der Waals surface area contributed by atoms with E-state index >= 15 is 0 Å². The molecule has 6 nitrogen and oxygen atoms in total. The molecule has 1 atom stereocenters. The molecule has 134 valence electrons. The van der Waals surface area contributed by atoms with Gasteiger partial charge in [0.15, 0.2) is 11.5 Å². The third-order valence-corrected chi connectivity index (χ3v) is 5.03. The zero-order valence-corrected chi connectivity index (χ0v) is 14.3. The number of carbonyl (C=O) groups is 2. The maximum Gasteiger partial charge on any atom is 0.243 e. The number of hydrogen-bond acceptors (Lipinski definition) is 4. The van der Waals surface area contributed by atoms with Gasteiger partial charge < -0.3 is 19.7 Å². The van der Waals surface area contributed by atoms with E-state index in [9.17, 15) is 9.59 Å². The molecule has 0 radical (unpaired) electrons. The highest BCUT2D eigenvalue weighted by Gasteiger charge is 2.36. The Labute approximate surface area is 147 Å². The topological polar surface area (TPSA) is 67.9 Å². The van der Waals surface area contributed by atoms with Crippen LogP contribution in [0.25, 0.3) is 0 Å². The molecule has 1 aromatic rings. The van der Waals surface area contributed by atoms with Crippen LogP contribution in [0, 0.1) is 0 Å². The number of benzene rings is 1. The number of carbonyl (C=O) groups excluding carboxylic acids is 2. The summed E-state index contributed by atoms with van der Waals surface area (Å²) in [4.78, 5) is 26.7. The van der Waals surface area contributed by atoms with Crippen molar-refractivity contribution in [1.82, 2.24) is 10.2 Å². The average molecular weight is 344 g/mol. The van der Waals surface area contributed by atoms with Crippen molar-refractivity contribution in [2.45, 2.75) is 50.6 Å². The van der Waals surface area contributed by atoms with Gasteiger partial charge in [0, 0.05) is 19.0 Å². The number of ether oxygens (including phenoxy) is 2. The van der Waals surface area contributed by atoms with Crippen LogP contribution in [0.4, 0.5) is 0 Å². The second-order valence-corrected chi connectivity index (χ2v) is 7.01. The number of rotatable bonds is 5. The number of nitrogens with one attached hydrogen (secondary N) is 1. The van der Waals surface area contributed by atoms with Crippen LogP contribution in [0.15, 0.2) is 18.2 Å². The van der Waals surface area contributed by atoms with Crippen molar-refractivity contribution in [3.05, 3.63) is 23.8 Å². The summed E-state index contributed by atoms with van der Waals surface area (Å²) in [6.07, 6.45) is 4.86. The third-order valence-electron chi connectivity index (χ3n) is 5.03. The lowest BCUT2D eigenvalue weighted by Crippen LogP contribution is -2.46. The third kappa shape index (κ3) is 3.72. The first kappa shape index (κ1) is 16.2. The number of likely N-dealkylation sites (tertiary alicyclic amines) is 1. The van der Waals surface area contributed by atoms with Gasteiger partial charge in [0.1, 0.15) is 19.3 Å². The molecular formula is C19H24N2O4. The number of fused-ring (bicyclic) bond motifs is 1. The highest BCUT2D eigenvalue weighted by molar-refractivity contribution is 5.88. The van der Waals surface area contributed by atoms with Gasteiger partial charge in [-0.25, -0.2) is 0 Å². The van der Waals surface area contributed by atoms with Gasteiger partial charge in [0.2, 0.25) is 11.8 Å². The molecule has 1 N–H and O–H groups in total. The Bertz CT molecular complexity index is 671. The van der Waals surface area contributed by atoms with E-state index in [1.54, 1.807) is 4.90 Å². The number of nitrogens with zero attached hydrogens (tertiary/aromatic N) is 1.